The van der Waals surface area contributed by atoms with Gasteiger partial charge in [-0.05, 0) is 30.7 Å². The van der Waals surface area contributed by atoms with E-state index in [9.17, 15) is 8.78 Å². The molecule has 0 amide bonds. The van der Waals surface area contributed by atoms with Crippen LogP contribution in [-0.4, -0.2) is 9.97 Å². The minimum absolute atomic E-state index is 0.243. The number of hydrogen-bond acceptors (Lipinski definition) is 4. The van der Waals surface area contributed by atoms with E-state index in [1.165, 1.54) is 24.5 Å². The maximum Gasteiger partial charge on any atom is 0.149 e. The van der Waals surface area contributed by atoms with E-state index in [-0.39, 0.29) is 5.69 Å². The van der Waals surface area contributed by atoms with Crippen molar-refractivity contribution in [2.24, 2.45) is 0 Å². The Balaban J connectivity index is 1.84. The molecule has 23 heavy (non-hydrogen) atoms. The van der Waals surface area contributed by atoms with Crippen LogP contribution < -0.4 is 10.6 Å². The fourth-order valence-electron chi connectivity index (χ4n) is 2.09. The first kappa shape index (κ1) is 14.9. The molecule has 0 aliphatic carbocycles. The van der Waals surface area contributed by atoms with Crippen LogP contribution in [0.1, 0.15) is 5.56 Å². The number of nitrogens with one attached hydrogen (secondary N) is 2. The molecule has 116 valence electrons. The van der Waals surface area contributed by atoms with E-state index < -0.39 is 11.6 Å². The largest absolute Gasteiger partial charge is 0.340 e. The summed E-state index contributed by atoms with van der Waals surface area (Å²) in [5.74, 6) is -0.553. The number of hydrogen-bond donors (Lipinski definition) is 2. The zero-order valence-corrected chi connectivity index (χ0v) is 12.3. The van der Waals surface area contributed by atoms with Crippen LogP contribution in [-0.2, 0) is 0 Å². The summed E-state index contributed by atoms with van der Waals surface area (Å²) in [6.07, 6.45) is 1.32. The third kappa shape index (κ3) is 3.42. The average Bonchev–Trinajstić information content (AvgIpc) is 2.54. The lowest BCUT2D eigenvalue weighted by atomic mass is 10.2. The summed E-state index contributed by atoms with van der Waals surface area (Å²) in [5, 5.41) is 5.79. The molecule has 3 rings (SSSR count). The Morgan fingerprint density at radius 1 is 0.826 bits per heavy atom. The van der Waals surface area contributed by atoms with Gasteiger partial charge in [-0.15, -0.1) is 0 Å². The minimum Gasteiger partial charge on any atom is -0.340 e. The fraction of sp³-hybridized carbons (Fsp3) is 0.0588. The summed E-state index contributed by atoms with van der Waals surface area (Å²) < 4.78 is 27.3. The van der Waals surface area contributed by atoms with Crippen molar-refractivity contribution in [2.45, 2.75) is 6.92 Å². The maximum atomic E-state index is 13.7. The number of benzene rings is 2. The van der Waals surface area contributed by atoms with Gasteiger partial charge in [0.1, 0.15) is 35.3 Å². The van der Waals surface area contributed by atoms with Gasteiger partial charge in [0, 0.05) is 11.8 Å². The van der Waals surface area contributed by atoms with Crippen LogP contribution in [0.15, 0.2) is 54.9 Å². The summed E-state index contributed by atoms with van der Waals surface area (Å²) in [7, 11) is 0. The number of aromatic nitrogens is 2. The van der Waals surface area contributed by atoms with Gasteiger partial charge in [-0.1, -0.05) is 24.3 Å². The highest BCUT2D eigenvalue weighted by atomic mass is 19.1. The lowest BCUT2D eigenvalue weighted by Gasteiger charge is -2.11. The maximum absolute atomic E-state index is 13.7. The van der Waals surface area contributed by atoms with Crippen molar-refractivity contribution in [3.63, 3.8) is 0 Å². The predicted octanol–water partition coefficient (Wildman–Crippen LogP) is 4.55. The molecule has 0 bridgehead atoms. The molecule has 3 aromatic rings. The Bertz CT molecular complexity index is 816. The Kier molecular flexibility index (Phi) is 4.14. The highest BCUT2D eigenvalue weighted by molar-refractivity contribution is 5.65. The normalized spacial score (nSPS) is 10.4. The summed E-state index contributed by atoms with van der Waals surface area (Å²) >= 11 is 0. The number of nitrogens with zero attached hydrogens (tertiary/aromatic N) is 2. The molecular weight excluding hydrogens is 298 g/mol. The highest BCUT2D eigenvalue weighted by Crippen LogP contribution is 2.24. The topological polar surface area (TPSA) is 49.8 Å². The summed E-state index contributed by atoms with van der Waals surface area (Å²) in [6, 6.07) is 13.0. The summed E-state index contributed by atoms with van der Waals surface area (Å²) in [5.41, 5.74) is 1.71. The van der Waals surface area contributed by atoms with Gasteiger partial charge in [-0.2, -0.15) is 0 Å². The Labute approximate surface area is 132 Å². The monoisotopic (exact) mass is 312 g/mol. The molecule has 2 aromatic carbocycles. The molecule has 0 fully saturated rings. The van der Waals surface area contributed by atoms with Gasteiger partial charge in [0.15, 0.2) is 0 Å². The van der Waals surface area contributed by atoms with Crippen LogP contribution >= 0.6 is 0 Å². The van der Waals surface area contributed by atoms with Gasteiger partial charge in [0.25, 0.3) is 0 Å². The Morgan fingerprint density at radius 3 is 2.17 bits per heavy atom. The molecule has 0 radical (unpaired) electrons. The van der Waals surface area contributed by atoms with Gasteiger partial charge in [-0.25, -0.2) is 18.7 Å². The lowest BCUT2D eigenvalue weighted by molar-refractivity contribution is 0.590. The molecule has 1 aromatic heterocycles. The molecule has 0 aliphatic heterocycles. The van der Waals surface area contributed by atoms with E-state index in [2.05, 4.69) is 20.6 Å². The zero-order valence-electron chi connectivity index (χ0n) is 12.3. The Morgan fingerprint density at radius 2 is 1.48 bits per heavy atom. The van der Waals surface area contributed by atoms with Gasteiger partial charge in [-0.3, -0.25) is 0 Å². The molecule has 0 saturated heterocycles. The molecule has 1 heterocycles. The summed E-state index contributed by atoms with van der Waals surface area (Å²) in [4.78, 5) is 8.10. The minimum atomic E-state index is -0.683. The molecule has 0 spiro atoms. The van der Waals surface area contributed by atoms with E-state index >= 15 is 0 Å². The third-order valence-corrected chi connectivity index (χ3v) is 3.29. The smallest absolute Gasteiger partial charge is 0.149 e. The van der Waals surface area contributed by atoms with Crippen LogP contribution in [0.4, 0.5) is 31.8 Å². The van der Waals surface area contributed by atoms with Crippen molar-refractivity contribution in [3.8, 4) is 0 Å². The molecule has 0 unspecified atom stereocenters. The molecule has 0 aliphatic rings. The SMILES string of the molecule is Cc1ccccc1Nc1cc(Nc2c(F)cccc2F)ncn1. The van der Waals surface area contributed by atoms with Crippen LogP contribution in [0, 0.1) is 18.6 Å². The number of halogens is 2. The zero-order chi connectivity index (χ0) is 16.2. The van der Waals surface area contributed by atoms with Crippen molar-refractivity contribution in [1.29, 1.82) is 0 Å². The highest BCUT2D eigenvalue weighted by Gasteiger charge is 2.09. The third-order valence-electron chi connectivity index (χ3n) is 3.29. The number of rotatable bonds is 4. The van der Waals surface area contributed by atoms with Crippen molar-refractivity contribution in [1.82, 2.24) is 9.97 Å². The fourth-order valence-corrected chi connectivity index (χ4v) is 2.09. The number of aryl methyl sites for hydroxylation is 1. The molecule has 6 heteroatoms. The first-order valence-corrected chi connectivity index (χ1v) is 6.99. The van der Waals surface area contributed by atoms with Crippen molar-refractivity contribution < 1.29 is 8.78 Å². The number of anilines is 4. The van der Waals surface area contributed by atoms with E-state index in [0.29, 0.717) is 11.6 Å². The van der Waals surface area contributed by atoms with Gasteiger partial charge in [0.05, 0.1) is 0 Å². The lowest BCUT2D eigenvalue weighted by Crippen LogP contribution is -2.02. The van der Waals surface area contributed by atoms with Gasteiger partial charge >= 0.3 is 0 Å². The molecule has 0 saturated carbocycles. The van der Waals surface area contributed by atoms with E-state index in [1.807, 2.05) is 31.2 Å². The molecule has 0 atom stereocenters. The quantitative estimate of drug-likeness (QED) is 0.742. The second-order valence-electron chi connectivity index (χ2n) is 4.95. The van der Waals surface area contributed by atoms with E-state index in [1.54, 1.807) is 6.07 Å². The number of para-hydroxylation sites is 2. The van der Waals surface area contributed by atoms with Gasteiger partial charge < -0.3 is 10.6 Å². The van der Waals surface area contributed by atoms with Crippen LogP contribution in [0.2, 0.25) is 0 Å². The predicted molar refractivity (Wildman–Crippen MR) is 86.1 cm³/mol. The first-order chi connectivity index (χ1) is 11.1. The van der Waals surface area contributed by atoms with Crippen molar-refractivity contribution >= 4 is 23.0 Å². The summed E-state index contributed by atoms with van der Waals surface area (Å²) in [6.45, 7) is 1.97. The van der Waals surface area contributed by atoms with Crippen molar-refractivity contribution in [2.75, 3.05) is 10.6 Å². The second kappa shape index (κ2) is 6.39. The second-order valence-corrected chi connectivity index (χ2v) is 4.95. The van der Waals surface area contributed by atoms with Gasteiger partial charge in [0.2, 0.25) is 0 Å². The van der Waals surface area contributed by atoms with E-state index in [0.717, 1.165) is 11.3 Å². The van der Waals surface area contributed by atoms with Crippen LogP contribution in [0.3, 0.4) is 0 Å². The average molecular weight is 312 g/mol. The van der Waals surface area contributed by atoms with E-state index in [4.69, 9.17) is 0 Å². The molecule has 4 nitrogen and oxygen atoms in total. The van der Waals surface area contributed by atoms with Crippen LogP contribution in [0.25, 0.3) is 0 Å². The molecule has 2 N–H and O–H groups in total. The Hall–Kier alpha value is -3.02. The molecular formula is C17H14F2N4. The first-order valence-electron chi connectivity index (χ1n) is 6.99. The van der Waals surface area contributed by atoms with Crippen molar-refractivity contribution in [3.05, 3.63) is 72.1 Å². The van der Waals surface area contributed by atoms with Crippen LogP contribution in [0.5, 0.6) is 0 Å². The standard InChI is InChI=1S/C17H14F2N4/c1-11-5-2-3-8-14(11)22-15-9-16(21-10-20-15)23-17-12(18)6-4-7-13(17)19/h2-10H,1H3,(H2,20,21,22,23).